The molecular formula is C21H22Cl2N4O2. The van der Waals surface area contributed by atoms with Gasteiger partial charge in [-0.2, -0.15) is 4.98 Å². The molecule has 0 radical (unpaired) electrons. The normalized spacial score (nSPS) is 10.9. The monoisotopic (exact) mass is 432 g/mol. The number of hydrogen-bond donors (Lipinski definition) is 0. The molecule has 1 aromatic carbocycles. The molecule has 0 atom stereocenters. The van der Waals surface area contributed by atoms with E-state index in [4.69, 9.17) is 27.7 Å². The molecule has 0 unspecified atom stereocenters. The fraction of sp³-hybridized carbons (Fsp3) is 0.333. The molecule has 3 rings (SSSR count). The Bertz CT molecular complexity index is 947. The van der Waals surface area contributed by atoms with Crippen LogP contribution in [0, 0.1) is 0 Å². The number of carbonyl (C=O) groups excluding carboxylic acids is 1. The van der Waals surface area contributed by atoms with Crippen LogP contribution < -0.4 is 0 Å². The molecule has 0 aliphatic rings. The van der Waals surface area contributed by atoms with Crippen molar-refractivity contribution in [3.63, 3.8) is 0 Å². The lowest BCUT2D eigenvalue weighted by Crippen LogP contribution is -2.30. The number of nitrogens with zero attached hydrogens (tertiary/aromatic N) is 4. The zero-order valence-electron chi connectivity index (χ0n) is 16.1. The van der Waals surface area contributed by atoms with Crippen molar-refractivity contribution in [2.75, 3.05) is 0 Å². The first-order valence-electron chi connectivity index (χ1n) is 9.48. The average Bonchev–Trinajstić information content (AvgIpc) is 3.19. The molecule has 29 heavy (non-hydrogen) atoms. The number of rotatable bonds is 9. The van der Waals surface area contributed by atoms with Gasteiger partial charge in [-0.25, -0.2) is 0 Å². The molecule has 0 saturated heterocycles. The van der Waals surface area contributed by atoms with Crippen molar-refractivity contribution in [2.24, 2.45) is 0 Å². The van der Waals surface area contributed by atoms with Gasteiger partial charge in [0.25, 0.3) is 0 Å². The lowest BCUT2D eigenvalue weighted by atomic mass is 10.1. The summed E-state index contributed by atoms with van der Waals surface area (Å²) in [4.78, 5) is 23.3. The Labute approximate surface area is 179 Å². The van der Waals surface area contributed by atoms with Crippen LogP contribution in [0.1, 0.15) is 42.7 Å². The molecule has 0 fully saturated rings. The van der Waals surface area contributed by atoms with Crippen molar-refractivity contribution in [3.05, 3.63) is 75.6 Å². The maximum atomic E-state index is 12.9. The molecule has 8 heteroatoms. The van der Waals surface area contributed by atoms with E-state index in [2.05, 4.69) is 15.1 Å². The minimum atomic E-state index is 0.0250. The second kappa shape index (κ2) is 10.4. The summed E-state index contributed by atoms with van der Waals surface area (Å²) in [6.45, 7) is 2.81. The van der Waals surface area contributed by atoms with Gasteiger partial charge < -0.3 is 9.42 Å². The van der Waals surface area contributed by atoms with Crippen molar-refractivity contribution in [1.29, 1.82) is 0 Å². The third-order valence-corrected chi connectivity index (χ3v) is 5.14. The number of aryl methyl sites for hydroxylation is 2. The summed E-state index contributed by atoms with van der Waals surface area (Å²) in [5, 5.41) is 4.84. The lowest BCUT2D eigenvalue weighted by Gasteiger charge is -2.23. The van der Waals surface area contributed by atoms with Gasteiger partial charge in [0.2, 0.25) is 11.8 Å². The van der Waals surface area contributed by atoms with Gasteiger partial charge in [0, 0.05) is 32.0 Å². The van der Waals surface area contributed by atoms with E-state index < -0.39 is 0 Å². The van der Waals surface area contributed by atoms with E-state index in [0.717, 1.165) is 17.7 Å². The highest BCUT2D eigenvalue weighted by Gasteiger charge is 2.16. The molecule has 1 amide bonds. The highest BCUT2D eigenvalue weighted by molar-refractivity contribution is 6.42. The molecule has 6 nitrogen and oxygen atoms in total. The Morgan fingerprint density at radius 3 is 2.69 bits per heavy atom. The largest absolute Gasteiger partial charge is 0.339 e. The zero-order valence-corrected chi connectivity index (χ0v) is 17.7. The molecule has 0 aliphatic heterocycles. The predicted molar refractivity (Wildman–Crippen MR) is 112 cm³/mol. The third-order valence-electron chi connectivity index (χ3n) is 4.40. The summed E-state index contributed by atoms with van der Waals surface area (Å²) < 4.78 is 5.19. The van der Waals surface area contributed by atoms with Crippen LogP contribution >= 0.6 is 23.2 Å². The van der Waals surface area contributed by atoms with Crippen LogP contribution in [0.5, 0.6) is 0 Å². The van der Waals surface area contributed by atoms with Gasteiger partial charge in [-0.05, 0) is 36.2 Å². The van der Waals surface area contributed by atoms with E-state index >= 15 is 0 Å². The first kappa shape index (κ1) is 21.3. The van der Waals surface area contributed by atoms with Gasteiger partial charge in [-0.3, -0.25) is 9.78 Å². The Morgan fingerprint density at radius 2 is 2.00 bits per heavy atom. The molecule has 0 N–H and O–H groups in total. The topological polar surface area (TPSA) is 72.1 Å². The van der Waals surface area contributed by atoms with Gasteiger partial charge >= 0.3 is 0 Å². The van der Waals surface area contributed by atoms with Crippen LogP contribution in [0.4, 0.5) is 0 Å². The van der Waals surface area contributed by atoms with E-state index in [1.165, 1.54) is 0 Å². The number of pyridine rings is 1. The van der Waals surface area contributed by atoms with Crippen LogP contribution in [0.25, 0.3) is 0 Å². The molecule has 0 aliphatic carbocycles. The fourth-order valence-corrected chi connectivity index (χ4v) is 3.18. The van der Waals surface area contributed by atoms with Crippen molar-refractivity contribution in [3.8, 4) is 0 Å². The Morgan fingerprint density at radius 1 is 1.14 bits per heavy atom. The van der Waals surface area contributed by atoms with Crippen molar-refractivity contribution >= 4 is 29.1 Å². The van der Waals surface area contributed by atoms with Crippen LogP contribution in [-0.2, 0) is 30.7 Å². The second-order valence-electron chi connectivity index (χ2n) is 6.63. The zero-order chi connectivity index (χ0) is 20.6. The summed E-state index contributed by atoms with van der Waals surface area (Å²) in [5.41, 5.74) is 1.73. The number of benzene rings is 1. The third kappa shape index (κ3) is 6.27. The van der Waals surface area contributed by atoms with Crippen molar-refractivity contribution in [2.45, 2.75) is 45.7 Å². The van der Waals surface area contributed by atoms with E-state index in [9.17, 15) is 4.79 Å². The SMILES string of the molecule is CCc1noc(CCCC(=O)N(Cc2ccc(Cl)c(Cl)c2)Cc2ccccn2)n1. The summed E-state index contributed by atoms with van der Waals surface area (Å²) in [5.74, 6) is 1.27. The van der Waals surface area contributed by atoms with Crippen LogP contribution in [0.3, 0.4) is 0 Å². The Hall–Kier alpha value is -2.44. The Balaban J connectivity index is 1.65. The van der Waals surface area contributed by atoms with Crippen LogP contribution in [0.15, 0.2) is 47.1 Å². The van der Waals surface area contributed by atoms with Crippen LogP contribution in [0.2, 0.25) is 10.0 Å². The summed E-state index contributed by atoms with van der Waals surface area (Å²) in [6, 6.07) is 11.1. The number of aromatic nitrogens is 3. The van der Waals surface area contributed by atoms with Gasteiger partial charge in [-0.15, -0.1) is 0 Å². The van der Waals surface area contributed by atoms with Gasteiger partial charge in [-0.1, -0.05) is 47.4 Å². The molecule has 0 spiro atoms. The minimum absolute atomic E-state index is 0.0250. The Kier molecular flexibility index (Phi) is 7.61. The highest BCUT2D eigenvalue weighted by Crippen LogP contribution is 2.24. The van der Waals surface area contributed by atoms with Crippen LogP contribution in [-0.4, -0.2) is 25.9 Å². The van der Waals surface area contributed by atoms with Gasteiger partial charge in [0.05, 0.1) is 22.3 Å². The minimum Gasteiger partial charge on any atom is -0.339 e. The van der Waals surface area contributed by atoms with Gasteiger partial charge in [0.15, 0.2) is 5.82 Å². The first-order chi connectivity index (χ1) is 14.0. The van der Waals surface area contributed by atoms with E-state index in [1.807, 2.05) is 31.2 Å². The smallest absolute Gasteiger partial charge is 0.226 e. The molecule has 0 saturated carbocycles. The maximum Gasteiger partial charge on any atom is 0.226 e. The molecule has 2 aromatic heterocycles. The summed E-state index contributed by atoms with van der Waals surface area (Å²) in [6.07, 6.45) is 4.02. The number of halogens is 2. The number of amides is 1. The second-order valence-corrected chi connectivity index (χ2v) is 7.45. The fourth-order valence-electron chi connectivity index (χ4n) is 2.86. The van der Waals surface area contributed by atoms with Crippen molar-refractivity contribution in [1.82, 2.24) is 20.0 Å². The molecular weight excluding hydrogens is 411 g/mol. The molecule has 3 aromatic rings. The number of hydrogen-bond acceptors (Lipinski definition) is 5. The average molecular weight is 433 g/mol. The van der Waals surface area contributed by atoms with E-state index in [-0.39, 0.29) is 5.91 Å². The standard InChI is InChI=1S/C21H22Cl2N4O2/c1-2-19-25-20(29-26-19)7-5-8-21(28)27(14-16-6-3-4-11-24-16)13-15-9-10-17(22)18(23)12-15/h3-4,6,9-12H,2,5,7-8,13-14H2,1H3. The van der Waals surface area contributed by atoms with Crippen molar-refractivity contribution < 1.29 is 9.32 Å². The maximum absolute atomic E-state index is 12.9. The lowest BCUT2D eigenvalue weighted by molar-refractivity contribution is -0.132. The van der Waals surface area contributed by atoms with E-state index in [1.54, 1.807) is 23.2 Å². The molecule has 0 bridgehead atoms. The summed E-state index contributed by atoms with van der Waals surface area (Å²) in [7, 11) is 0. The summed E-state index contributed by atoms with van der Waals surface area (Å²) >= 11 is 12.1. The molecule has 2 heterocycles. The van der Waals surface area contributed by atoms with Gasteiger partial charge in [0.1, 0.15) is 0 Å². The molecule has 152 valence electrons. The van der Waals surface area contributed by atoms with E-state index in [0.29, 0.717) is 54.1 Å². The predicted octanol–water partition coefficient (Wildman–Crippen LogP) is 4.89. The quantitative estimate of drug-likeness (QED) is 0.481. The highest BCUT2D eigenvalue weighted by atomic mass is 35.5. The number of carbonyl (C=O) groups is 1. The first-order valence-corrected chi connectivity index (χ1v) is 10.2.